The molecule has 8 nitrogen and oxygen atoms in total. The van der Waals surface area contributed by atoms with Crippen molar-refractivity contribution in [3.63, 3.8) is 0 Å². The van der Waals surface area contributed by atoms with Gasteiger partial charge in [-0.25, -0.2) is 9.07 Å². The van der Waals surface area contributed by atoms with Gasteiger partial charge in [-0.1, -0.05) is 6.07 Å². The van der Waals surface area contributed by atoms with Crippen LogP contribution in [0.2, 0.25) is 0 Å². The molecule has 1 saturated heterocycles. The molecule has 1 fully saturated rings. The second-order valence-corrected chi connectivity index (χ2v) is 7.41. The van der Waals surface area contributed by atoms with E-state index >= 15 is 0 Å². The lowest BCUT2D eigenvalue weighted by Gasteiger charge is -2.18. The molecule has 9 heteroatoms. The number of primary amides is 1. The number of carbonyl (C=O) groups is 3. The molecule has 0 bridgehead atoms. The lowest BCUT2D eigenvalue weighted by atomic mass is 10.1. The van der Waals surface area contributed by atoms with Gasteiger partial charge < -0.3 is 16.0 Å². The summed E-state index contributed by atoms with van der Waals surface area (Å²) < 4.78 is 15.7. The Balaban J connectivity index is 1.42. The smallest absolute Gasteiger partial charge is 0.269 e. The van der Waals surface area contributed by atoms with Crippen LogP contribution in [0.15, 0.2) is 54.7 Å². The highest BCUT2D eigenvalue weighted by Crippen LogP contribution is 2.28. The molecular formula is C22H20FN5O3. The predicted molar refractivity (Wildman–Crippen MR) is 112 cm³/mol. The monoisotopic (exact) mass is 421 g/mol. The van der Waals surface area contributed by atoms with E-state index in [1.165, 1.54) is 21.7 Å². The fourth-order valence-electron chi connectivity index (χ4n) is 3.49. The molecule has 31 heavy (non-hydrogen) atoms. The van der Waals surface area contributed by atoms with Crippen molar-refractivity contribution in [1.82, 2.24) is 9.78 Å². The van der Waals surface area contributed by atoms with Crippen molar-refractivity contribution in [2.45, 2.75) is 13.3 Å². The van der Waals surface area contributed by atoms with Crippen molar-refractivity contribution >= 4 is 29.1 Å². The van der Waals surface area contributed by atoms with E-state index in [9.17, 15) is 18.8 Å². The van der Waals surface area contributed by atoms with E-state index in [0.717, 1.165) is 5.56 Å². The SMILES string of the molecule is Cc1ccc(N2CC(C(=O)Nc3ccc(-n4ccc(C(N)=O)n4)cc3)CC2=O)c(F)c1. The number of aryl methyl sites for hydroxylation is 1. The Morgan fingerprint density at radius 1 is 1.16 bits per heavy atom. The molecular weight excluding hydrogens is 401 g/mol. The summed E-state index contributed by atoms with van der Waals surface area (Å²) in [5, 5.41) is 6.86. The Morgan fingerprint density at radius 3 is 2.55 bits per heavy atom. The zero-order chi connectivity index (χ0) is 22.1. The molecule has 3 aromatic rings. The summed E-state index contributed by atoms with van der Waals surface area (Å²) in [6, 6.07) is 13.0. The minimum Gasteiger partial charge on any atom is -0.364 e. The first-order valence-corrected chi connectivity index (χ1v) is 9.65. The number of hydrogen-bond donors (Lipinski definition) is 2. The highest BCUT2D eigenvalue weighted by Gasteiger charge is 2.36. The topological polar surface area (TPSA) is 110 Å². The summed E-state index contributed by atoms with van der Waals surface area (Å²) in [4.78, 5) is 37.5. The van der Waals surface area contributed by atoms with Crippen molar-refractivity contribution < 1.29 is 18.8 Å². The Hall–Kier alpha value is -4.01. The lowest BCUT2D eigenvalue weighted by molar-refractivity contribution is -0.122. The average Bonchev–Trinajstić information content (AvgIpc) is 3.36. The molecule has 0 radical (unpaired) electrons. The molecule has 3 N–H and O–H groups in total. The van der Waals surface area contributed by atoms with Crippen LogP contribution >= 0.6 is 0 Å². The van der Waals surface area contributed by atoms with Gasteiger partial charge in [-0.15, -0.1) is 0 Å². The van der Waals surface area contributed by atoms with Gasteiger partial charge in [0.1, 0.15) is 11.5 Å². The summed E-state index contributed by atoms with van der Waals surface area (Å²) in [5.41, 5.74) is 7.52. The van der Waals surface area contributed by atoms with Crippen molar-refractivity contribution in [1.29, 1.82) is 0 Å². The molecule has 1 aliphatic heterocycles. The van der Waals surface area contributed by atoms with E-state index in [-0.39, 0.29) is 36.2 Å². The number of halogens is 1. The minimum atomic E-state index is -0.617. The molecule has 0 saturated carbocycles. The maximum atomic E-state index is 14.2. The fourth-order valence-corrected chi connectivity index (χ4v) is 3.49. The van der Waals surface area contributed by atoms with Gasteiger partial charge in [0.2, 0.25) is 11.8 Å². The van der Waals surface area contributed by atoms with Crippen molar-refractivity contribution in [3.05, 3.63) is 71.8 Å². The molecule has 1 aliphatic rings. The summed E-state index contributed by atoms with van der Waals surface area (Å²) in [7, 11) is 0. The van der Waals surface area contributed by atoms with Crippen LogP contribution in [-0.4, -0.2) is 34.0 Å². The van der Waals surface area contributed by atoms with Crippen LogP contribution in [0.1, 0.15) is 22.5 Å². The Kier molecular flexibility index (Phi) is 5.24. The number of rotatable bonds is 5. The largest absolute Gasteiger partial charge is 0.364 e. The predicted octanol–water partition coefficient (Wildman–Crippen LogP) is 2.41. The molecule has 158 valence electrons. The third-order valence-corrected chi connectivity index (χ3v) is 5.13. The molecule has 1 aromatic heterocycles. The number of benzene rings is 2. The maximum Gasteiger partial charge on any atom is 0.269 e. The van der Waals surface area contributed by atoms with Gasteiger partial charge in [0, 0.05) is 24.8 Å². The van der Waals surface area contributed by atoms with Crippen LogP contribution in [0.5, 0.6) is 0 Å². The number of hydrogen-bond acceptors (Lipinski definition) is 4. The molecule has 1 atom stereocenters. The molecule has 0 aliphatic carbocycles. The van der Waals surface area contributed by atoms with Crippen LogP contribution in [0.3, 0.4) is 0 Å². The first kappa shape index (κ1) is 20.3. The van der Waals surface area contributed by atoms with Crippen LogP contribution < -0.4 is 16.0 Å². The van der Waals surface area contributed by atoms with Gasteiger partial charge in [-0.2, -0.15) is 5.10 Å². The Morgan fingerprint density at radius 2 is 1.90 bits per heavy atom. The summed E-state index contributed by atoms with van der Waals surface area (Å²) in [5.74, 6) is -2.29. The fraction of sp³-hybridized carbons (Fsp3) is 0.182. The third-order valence-electron chi connectivity index (χ3n) is 5.13. The summed E-state index contributed by atoms with van der Waals surface area (Å²) in [6.45, 7) is 1.88. The highest BCUT2D eigenvalue weighted by atomic mass is 19.1. The number of nitrogens with one attached hydrogen (secondary N) is 1. The number of nitrogens with two attached hydrogens (primary N) is 1. The number of aromatic nitrogens is 2. The number of nitrogens with zero attached hydrogens (tertiary/aromatic N) is 3. The first-order valence-electron chi connectivity index (χ1n) is 9.65. The summed E-state index contributed by atoms with van der Waals surface area (Å²) in [6.07, 6.45) is 1.62. The van der Waals surface area contributed by atoms with Crippen LogP contribution in [0, 0.1) is 18.7 Å². The average molecular weight is 421 g/mol. The van der Waals surface area contributed by atoms with E-state index in [0.29, 0.717) is 11.4 Å². The van der Waals surface area contributed by atoms with Gasteiger partial charge >= 0.3 is 0 Å². The van der Waals surface area contributed by atoms with E-state index in [4.69, 9.17) is 5.73 Å². The number of anilines is 2. The quantitative estimate of drug-likeness (QED) is 0.659. The molecule has 0 spiro atoms. The van der Waals surface area contributed by atoms with E-state index in [1.54, 1.807) is 49.5 Å². The van der Waals surface area contributed by atoms with E-state index in [2.05, 4.69) is 10.4 Å². The van der Waals surface area contributed by atoms with Gasteiger partial charge in [-0.3, -0.25) is 14.4 Å². The Bertz CT molecular complexity index is 1170. The zero-order valence-corrected chi connectivity index (χ0v) is 16.7. The van der Waals surface area contributed by atoms with Gasteiger partial charge in [0.05, 0.1) is 17.3 Å². The maximum absolute atomic E-state index is 14.2. The van der Waals surface area contributed by atoms with Crippen molar-refractivity contribution in [2.24, 2.45) is 11.7 Å². The second kappa shape index (κ2) is 8.02. The number of amides is 3. The molecule has 2 aromatic carbocycles. The minimum absolute atomic E-state index is 0.0143. The zero-order valence-electron chi connectivity index (χ0n) is 16.7. The van der Waals surface area contributed by atoms with Gasteiger partial charge in [-0.05, 0) is 55.0 Å². The van der Waals surface area contributed by atoms with Crippen LogP contribution in [-0.2, 0) is 9.59 Å². The standard InChI is InChI=1S/C22H20FN5O3/c1-13-2-7-19(17(23)10-13)27-12-14(11-20(27)29)22(31)25-15-3-5-16(6-4-15)28-9-8-18(26-28)21(24)30/h2-10,14H,11-12H2,1H3,(H2,24,30)(H,25,31). The molecule has 1 unspecified atom stereocenters. The van der Waals surface area contributed by atoms with Crippen molar-refractivity contribution in [3.8, 4) is 5.69 Å². The first-order chi connectivity index (χ1) is 14.8. The molecule has 3 amide bonds. The summed E-state index contributed by atoms with van der Waals surface area (Å²) >= 11 is 0. The molecule has 4 rings (SSSR count). The van der Waals surface area contributed by atoms with E-state index < -0.39 is 17.6 Å². The highest BCUT2D eigenvalue weighted by molar-refractivity contribution is 6.03. The van der Waals surface area contributed by atoms with Crippen molar-refractivity contribution in [2.75, 3.05) is 16.8 Å². The molecule has 2 heterocycles. The normalized spacial score (nSPS) is 15.9. The van der Waals surface area contributed by atoms with E-state index in [1.807, 2.05) is 0 Å². The van der Waals surface area contributed by atoms with Gasteiger partial charge in [0.25, 0.3) is 5.91 Å². The second-order valence-electron chi connectivity index (χ2n) is 7.41. The van der Waals surface area contributed by atoms with Crippen LogP contribution in [0.25, 0.3) is 5.69 Å². The lowest BCUT2D eigenvalue weighted by Crippen LogP contribution is -2.28. The van der Waals surface area contributed by atoms with Crippen LogP contribution in [0.4, 0.5) is 15.8 Å². The number of carbonyl (C=O) groups excluding carboxylic acids is 3. The van der Waals surface area contributed by atoms with Gasteiger partial charge in [0.15, 0.2) is 0 Å². The Labute approximate surface area is 177 Å². The third kappa shape index (κ3) is 4.16.